The Labute approximate surface area is 127 Å². The van der Waals surface area contributed by atoms with Gasteiger partial charge in [-0.2, -0.15) is 0 Å². The van der Waals surface area contributed by atoms with Crippen molar-refractivity contribution >= 4 is 28.5 Å². The standard InChI is InChI=1S/C16H16N2O2S/c1-2-9-19-15-10-11(7-8-12(15)17)21-16-18-13-5-3-4-6-14(13)20-16/h3-8,10H,2,9,17H2,1H3. The minimum atomic E-state index is 0.613. The number of para-hydroxylation sites is 2. The highest BCUT2D eigenvalue weighted by Gasteiger charge is 2.09. The van der Waals surface area contributed by atoms with Crippen molar-refractivity contribution < 1.29 is 9.15 Å². The van der Waals surface area contributed by atoms with Gasteiger partial charge in [0.05, 0.1) is 12.3 Å². The summed E-state index contributed by atoms with van der Waals surface area (Å²) in [6, 6.07) is 13.4. The lowest BCUT2D eigenvalue weighted by atomic mass is 10.3. The molecule has 5 heteroatoms. The van der Waals surface area contributed by atoms with E-state index in [1.807, 2.05) is 42.5 Å². The van der Waals surface area contributed by atoms with Crippen LogP contribution in [0.2, 0.25) is 0 Å². The van der Waals surface area contributed by atoms with Crippen LogP contribution in [0.1, 0.15) is 13.3 Å². The molecular formula is C16H16N2O2S. The maximum Gasteiger partial charge on any atom is 0.261 e. The fourth-order valence-electron chi connectivity index (χ4n) is 1.91. The molecule has 0 spiro atoms. The first-order valence-electron chi connectivity index (χ1n) is 6.82. The molecule has 3 rings (SSSR count). The minimum Gasteiger partial charge on any atom is -0.491 e. The highest BCUT2D eigenvalue weighted by Crippen LogP contribution is 2.34. The van der Waals surface area contributed by atoms with Gasteiger partial charge in [-0.05, 0) is 48.5 Å². The summed E-state index contributed by atoms with van der Waals surface area (Å²) in [4.78, 5) is 5.43. The number of oxazole rings is 1. The Hall–Kier alpha value is -2.14. The Balaban J connectivity index is 1.83. The monoisotopic (exact) mass is 300 g/mol. The molecule has 108 valence electrons. The molecule has 0 unspecified atom stereocenters. The number of anilines is 1. The fourth-order valence-corrected chi connectivity index (χ4v) is 2.69. The predicted molar refractivity (Wildman–Crippen MR) is 84.8 cm³/mol. The molecule has 0 radical (unpaired) electrons. The van der Waals surface area contributed by atoms with E-state index in [1.54, 1.807) is 0 Å². The van der Waals surface area contributed by atoms with Crippen molar-refractivity contribution in [2.75, 3.05) is 12.3 Å². The predicted octanol–water partition coefficient (Wildman–Crippen LogP) is 4.35. The van der Waals surface area contributed by atoms with E-state index in [4.69, 9.17) is 14.9 Å². The maximum atomic E-state index is 5.91. The van der Waals surface area contributed by atoms with Crippen molar-refractivity contribution in [1.82, 2.24) is 4.98 Å². The summed E-state index contributed by atoms with van der Waals surface area (Å²) in [7, 11) is 0. The van der Waals surface area contributed by atoms with Crippen LogP contribution in [0.15, 0.2) is 57.0 Å². The van der Waals surface area contributed by atoms with Gasteiger partial charge in [-0.3, -0.25) is 0 Å². The van der Waals surface area contributed by atoms with Gasteiger partial charge < -0.3 is 14.9 Å². The molecule has 2 N–H and O–H groups in total. The van der Waals surface area contributed by atoms with Crippen molar-refractivity contribution in [2.24, 2.45) is 0 Å². The fraction of sp³-hybridized carbons (Fsp3) is 0.188. The molecule has 0 atom stereocenters. The van der Waals surface area contributed by atoms with E-state index in [2.05, 4.69) is 11.9 Å². The van der Waals surface area contributed by atoms with Crippen LogP contribution < -0.4 is 10.5 Å². The third-order valence-corrected chi connectivity index (χ3v) is 3.77. The van der Waals surface area contributed by atoms with Gasteiger partial charge in [0.2, 0.25) is 0 Å². The second-order valence-corrected chi connectivity index (χ2v) is 5.62. The first-order chi connectivity index (χ1) is 10.3. The number of hydrogen-bond donors (Lipinski definition) is 1. The molecule has 0 bridgehead atoms. The molecule has 4 nitrogen and oxygen atoms in total. The van der Waals surface area contributed by atoms with Gasteiger partial charge in [-0.1, -0.05) is 19.1 Å². The smallest absolute Gasteiger partial charge is 0.261 e. The summed E-state index contributed by atoms with van der Waals surface area (Å²) < 4.78 is 11.3. The second-order valence-electron chi connectivity index (χ2n) is 4.60. The molecule has 2 aromatic carbocycles. The van der Waals surface area contributed by atoms with E-state index in [1.165, 1.54) is 11.8 Å². The molecule has 0 amide bonds. The summed E-state index contributed by atoms with van der Waals surface area (Å²) >= 11 is 1.46. The number of nitrogens with two attached hydrogens (primary N) is 1. The Morgan fingerprint density at radius 3 is 2.90 bits per heavy atom. The third-order valence-electron chi connectivity index (χ3n) is 2.93. The average Bonchev–Trinajstić information content (AvgIpc) is 2.90. The van der Waals surface area contributed by atoms with E-state index < -0.39 is 0 Å². The van der Waals surface area contributed by atoms with Gasteiger partial charge in [0.25, 0.3) is 5.22 Å². The second kappa shape index (κ2) is 6.10. The quantitative estimate of drug-likeness (QED) is 0.710. The zero-order chi connectivity index (χ0) is 14.7. The lowest BCUT2D eigenvalue weighted by Gasteiger charge is -2.08. The molecule has 0 aliphatic rings. The highest BCUT2D eigenvalue weighted by atomic mass is 32.2. The summed E-state index contributed by atoms with van der Waals surface area (Å²) in [5.41, 5.74) is 8.20. The number of fused-ring (bicyclic) bond motifs is 1. The van der Waals surface area contributed by atoms with Gasteiger partial charge in [0.15, 0.2) is 5.58 Å². The molecule has 21 heavy (non-hydrogen) atoms. The summed E-state index contributed by atoms with van der Waals surface area (Å²) in [6.07, 6.45) is 0.946. The number of aromatic nitrogens is 1. The van der Waals surface area contributed by atoms with Gasteiger partial charge >= 0.3 is 0 Å². The van der Waals surface area contributed by atoms with Gasteiger partial charge in [0.1, 0.15) is 11.3 Å². The zero-order valence-electron chi connectivity index (χ0n) is 11.7. The average molecular weight is 300 g/mol. The van der Waals surface area contributed by atoms with Crippen LogP contribution in [-0.4, -0.2) is 11.6 Å². The lowest BCUT2D eigenvalue weighted by molar-refractivity contribution is 0.318. The molecular weight excluding hydrogens is 284 g/mol. The Bertz CT molecular complexity index is 722. The third kappa shape index (κ3) is 3.13. The first-order valence-corrected chi connectivity index (χ1v) is 7.63. The molecule has 3 aromatic rings. The number of nitrogens with zero attached hydrogens (tertiary/aromatic N) is 1. The van der Waals surface area contributed by atoms with Crippen molar-refractivity contribution in [1.29, 1.82) is 0 Å². The minimum absolute atomic E-state index is 0.613. The van der Waals surface area contributed by atoms with Crippen molar-refractivity contribution in [3.05, 3.63) is 42.5 Å². The van der Waals surface area contributed by atoms with Crippen molar-refractivity contribution in [3.8, 4) is 5.75 Å². The van der Waals surface area contributed by atoms with E-state index >= 15 is 0 Å². The zero-order valence-corrected chi connectivity index (χ0v) is 12.5. The SMILES string of the molecule is CCCOc1cc(Sc2nc3ccccc3o2)ccc1N. The number of hydrogen-bond acceptors (Lipinski definition) is 5. The molecule has 1 heterocycles. The molecule has 1 aromatic heterocycles. The number of rotatable bonds is 5. The normalized spacial score (nSPS) is 10.9. The molecule has 0 aliphatic carbocycles. The van der Waals surface area contributed by atoms with E-state index in [-0.39, 0.29) is 0 Å². The number of nitrogen functional groups attached to an aromatic ring is 1. The van der Waals surface area contributed by atoms with Gasteiger partial charge in [-0.15, -0.1) is 0 Å². The van der Waals surface area contributed by atoms with Crippen molar-refractivity contribution in [3.63, 3.8) is 0 Å². The Kier molecular flexibility index (Phi) is 4.01. The number of ether oxygens (including phenoxy) is 1. The largest absolute Gasteiger partial charge is 0.491 e. The lowest BCUT2D eigenvalue weighted by Crippen LogP contribution is -1.98. The van der Waals surface area contributed by atoms with Crippen LogP contribution in [0.4, 0.5) is 5.69 Å². The summed E-state index contributed by atoms with van der Waals surface area (Å²) in [5.74, 6) is 0.706. The molecule has 0 saturated carbocycles. The van der Waals surface area contributed by atoms with Crippen LogP contribution in [-0.2, 0) is 0 Å². The molecule has 0 fully saturated rings. The highest BCUT2D eigenvalue weighted by molar-refractivity contribution is 7.99. The molecule has 0 saturated heterocycles. The van der Waals surface area contributed by atoms with Gasteiger partial charge in [0, 0.05) is 4.90 Å². The topological polar surface area (TPSA) is 61.3 Å². The number of benzene rings is 2. The van der Waals surface area contributed by atoms with Crippen LogP contribution in [0, 0.1) is 0 Å². The molecule has 0 aliphatic heterocycles. The Morgan fingerprint density at radius 2 is 2.10 bits per heavy atom. The van der Waals surface area contributed by atoms with Crippen LogP contribution in [0.25, 0.3) is 11.1 Å². The summed E-state index contributed by atoms with van der Waals surface area (Å²) in [6.45, 7) is 2.72. The maximum absolute atomic E-state index is 5.91. The van der Waals surface area contributed by atoms with Crippen LogP contribution >= 0.6 is 11.8 Å². The van der Waals surface area contributed by atoms with Crippen molar-refractivity contribution in [2.45, 2.75) is 23.5 Å². The van der Waals surface area contributed by atoms with Gasteiger partial charge in [-0.25, -0.2) is 4.98 Å². The Morgan fingerprint density at radius 1 is 1.24 bits per heavy atom. The van der Waals surface area contributed by atoms with E-state index in [9.17, 15) is 0 Å². The van der Waals surface area contributed by atoms with E-state index in [0.717, 1.165) is 22.4 Å². The van der Waals surface area contributed by atoms with Crippen LogP contribution in [0.3, 0.4) is 0 Å². The van der Waals surface area contributed by atoms with E-state index in [0.29, 0.717) is 23.3 Å². The first kappa shape index (κ1) is 13.8. The van der Waals surface area contributed by atoms with Crippen LogP contribution in [0.5, 0.6) is 5.75 Å². The summed E-state index contributed by atoms with van der Waals surface area (Å²) in [5, 5.41) is 0.613.